The Kier molecular flexibility index (Phi) is 6.12. The van der Waals surface area contributed by atoms with Crippen molar-refractivity contribution in [2.45, 2.75) is 6.42 Å². The Bertz CT molecular complexity index is 1170. The van der Waals surface area contributed by atoms with E-state index >= 15 is 0 Å². The molecular weight excluding hydrogens is 408 g/mol. The molecule has 0 spiro atoms. The van der Waals surface area contributed by atoms with Crippen LogP contribution < -0.4 is 19.7 Å². The molecule has 0 bridgehead atoms. The molecule has 1 aliphatic rings. The van der Waals surface area contributed by atoms with Gasteiger partial charge in [0.05, 0.1) is 26.4 Å². The molecule has 3 aromatic rings. The van der Waals surface area contributed by atoms with Gasteiger partial charge >= 0.3 is 0 Å². The van der Waals surface area contributed by atoms with Crippen molar-refractivity contribution < 1.29 is 19.1 Å². The topological polar surface area (TPSA) is 93.1 Å². The molecular formula is C24H22N4O4. The molecule has 4 rings (SSSR count). The first-order chi connectivity index (χ1) is 15.6. The van der Waals surface area contributed by atoms with E-state index in [-0.39, 0.29) is 24.8 Å². The first-order valence-electron chi connectivity index (χ1n) is 9.98. The fourth-order valence-corrected chi connectivity index (χ4v) is 3.38. The highest BCUT2D eigenvalue weighted by atomic mass is 16.5. The van der Waals surface area contributed by atoms with Crippen LogP contribution in [-0.4, -0.2) is 43.3 Å². The summed E-state index contributed by atoms with van der Waals surface area (Å²) in [7, 11) is 3.16. The van der Waals surface area contributed by atoms with Gasteiger partial charge in [0.25, 0.3) is 0 Å². The summed E-state index contributed by atoms with van der Waals surface area (Å²) >= 11 is 0. The van der Waals surface area contributed by atoms with E-state index in [1.165, 1.54) is 4.90 Å². The highest BCUT2D eigenvalue weighted by Gasteiger charge is 2.27. The van der Waals surface area contributed by atoms with Crippen LogP contribution in [0.4, 0.5) is 17.2 Å². The predicted octanol–water partition coefficient (Wildman–Crippen LogP) is 3.60. The molecule has 0 fully saturated rings. The normalized spacial score (nSPS) is 13.0. The first-order valence-corrected chi connectivity index (χ1v) is 9.98. The van der Waals surface area contributed by atoms with E-state index in [1.54, 1.807) is 56.8 Å². The number of nitrogens with zero attached hydrogens (tertiary/aromatic N) is 3. The minimum absolute atomic E-state index is 0.0271. The average molecular weight is 430 g/mol. The molecule has 2 heterocycles. The number of ether oxygens (including phenoxy) is 2. The number of carbonyl (C=O) groups is 2. The van der Waals surface area contributed by atoms with Crippen molar-refractivity contribution in [2.75, 3.05) is 31.0 Å². The van der Waals surface area contributed by atoms with Crippen LogP contribution in [0.25, 0.3) is 0 Å². The van der Waals surface area contributed by atoms with Gasteiger partial charge in [-0.3, -0.25) is 14.5 Å². The minimum atomic E-state index is -0.343. The first kappa shape index (κ1) is 21.0. The van der Waals surface area contributed by atoms with Gasteiger partial charge in [-0.15, -0.1) is 0 Å². The Balaban J connectivity index is 1.58. The van der Waals surface area contributed by atoms with Gasteiger partial charge in [-0.25, -0.2) is 9.98 Å². The van der Waals surface area contributed by atoms with E-state index < -0.39 is 0 Å². The van der Waals surface area contributed by atoms with Crippen LogP contribution >= 0.6 is 0 Å². The van der Waals surface area contributed by atoms with Crippen molar-refractivity contribution in [2.24, 2.45) is 4.99 Å². The van der Waals surface area contributed by atoms with Crippen molar-refractivity contribution in [3.63, 3.8) is 0 Å². The fourth-order valence-electron chi connectivity index (χ4n) is 3.38. The summed E-state index contributed by atoms with van der Waals surface area (Å²) in [5.41, 5.74) is 2.49. The molecule has 1 aliphatic heterocycles. The Morgan fingerprint density at radius 1 is 1.03 bits per heavy atom. The lowest BCUT2D eigenvalue weighted by Crippen LogP contribution is -2.38. The molecule has 0 radical (unpaired) electrons. The smallest absolute Gasteiger partial charge is 0.244 e. The Labute approximate surface area is 185 Å². The number of anilines is 2. The number of carbonyl (C=O) groups excluding carboxylic acids is 2. The quantitative estimate of drug-likeness (QED) is 0.645. The lowest BCUT2D eigenvalue weighted by molar-refractivity contribution is -0.120. The second-order valence-corrected chi connectivity index (χ2v) is 7.07. The summed E-state index contributed by atoms with van der Waals surface area (Å²) in [5.74, 6) is 1.09. The number of aromatic nitrogens is 1. The van der Waals surface area contributed by atoms with Gasteiger partial charge in [0.1, 0.15) is 23.7 Å². The molecule has 0 saturated heterocycles. The van der Waals surface area contributed by atoms with Crippen LogP contribution in [0.3, 0.4) is 0 Å². The van der Waals surface area contributed by atoms with E-state index in [0.29, 0.717) is 34.4 Å². The van der Waals surface area contributed by atoms with E-state index in [0.717, 1.165) is 5.56 Å². The Hall–Kier alpha value is -4.20. The van der Waals surface area contributed by atoms with Crippen LogP contribution in [0.2, 0.25) is 0 Å². The summed E-state index contributed by atoms with van der Waals surface area (Å²) < 4.78 is 10.4. The van der Waals surface area contributed by atoms with Crippen LogP contribution in [0.15, 0.2) is 71.9 Å². The number of hydrogen-bond donors (Lipinski definition) is 1. The number of fused-ring (bicyclic) bond motifs is 1. The molecule has 32 heavy (non-hydrogen) atoms. The van der Waals surface area contributed by atoms with Gasteiger partial charge in [0.15, 0.2) is 5.82 Å². The van der Waals surface area contributed by atoms with Crippen molar-refractivity contribution in [3.05, 3.63) is 72.4 Å². The second kappa shape index (κ2) is 9.30. The van der Waals surface area contributed by atoms with Crippen LogP contribution in [-0.2, 0) is 9.59 Å². The Morgan fingerprint density at radius 2 is 1.81 bits per heavy atom. The number of benzene rings is 2. The maximum Gasteiger partial charge on any atom is 0.244 e. The molecule has 1 aromatic heterocycles. The standard InChI is InChI=1S/C24H22N4O4/c1-31-18-10-8-17(9-11-18)26-22(29)15-28-23(30)14-21(16-5-3-6-19(13-16)32-2)27-20-7-4-12-25-24(20)28/h3-13H,14-15H2,1-2H3,(H,26,29). The third-order valence-electron chi connectivity index (χ3n) is 4.98. The van der Waals surface area contributed by atoms with Crippen LogP contribution in [0, 0.1) is 0 Å². The second-order valence-electron chi connectivity index (χ2n) is 7.07. The monoisotopic (exact) mass is 430 g/mol. The third kappa shape index (κ3) is 4.59. The number of pyridine rings is 1. The Morgan fingerprint density at radius 3 is 2.56 bits per heavy atom. The van der Waals surface area contributed by atoms with E-state index in [9.17, 15) is 9.59 Å². The summed E-state index contributed by atoms with van der Waals surface area (Å²) in [6, 6.07) is 17.9. The van der Waals surface area contributed by atoms with Gasteiger partial charge in [-0.2, -0.15) is 0 Å². The van der Waals surface area contributed by atoms with E-state index in [1.807, 2.05) is 24.3 Å². The molecule has 1 N–H and O–H groups in total. The lowest BCUT2D eigenvalue weighted by atomic mass is 10.1. The van der Waals surface area contributed by atoms with Crippen molar-refractivity contribution in [3.8, 4) is 11.5 Å². The molecule has 2 aromatic carbocycles. The zero-order chi connectivity index (χ0) is 22.5. The van der Waals surface area contributed by atoms with Crippen LogP contribution in [0.1, 0.15) is 12.0 Å². The molecule has 8 nitrogen and oxygen atoms in total. The highest BCUT2D eigenvalue weighted by molar-refractivity contribution is 6.18. The summed E-state index contributed by atoms with van der Waals surface area (Å²) in [4.78, 5) is 36.3. The summed E-state index contributed by atoms with van der Waals surface area (Å²) in [6.45, 7) is -0.185. The minimum Gasteiger partial charge on any atom is -0.497 e. The van der Waals surface area contributed by atoms with Crippen molar-refractivity contribution in [1.82, 2.24) is 4.98 Å². The third-order valence-corrected chi connectivity index (χ3v) is 4.98. The zero-order valence-corrected chi connectivity index (χ0v) is 17.7. The number of amides is 2. The van der Waals surface area contributed by atoms with Gasteiger partial charge in [0, 0.05) is 17.4 Å². The lowest BCUT2D eigenvalue weighted by Gasteiger charge is -2.20. The number of methoxy groups -OCH3 is 2. The number of nitrogens with one attached hydrogen (secondary N) is 1. The average Bonchev–Trinajstić information content (AvgIpc) is 2.96. The fraction of sp³-hybridized carbons (Fsp3) is 0.167. The summed E-state index contributed by atoms with van der Waals surface area (Å²) in [5, 5.41) is 2.80. The van der Waals surface area contributed by atoms with Crippen molar-refractivity contribution in [1.29, 1.82) is 0 Å². The molecule has 0 unspecified atom stereocenters. The molecule has 8 heteroatoms. The molecule has 0 aliphatic carbocycles. The number of hydrogen-bond acceptors (Lipinski definition) is 6. The summed E-state index contributed by atoms with van der Waals surface area (Å²) in [6.07, 6.45) is 1.60. The van der Waals surface area contributed by atoms with Gasteiger partial charge in [-0.05, 0) is 48.5 Å². The maximum absolute atomic E-state index is 13.2. The van der Waals surface area contributed by atoms with E-state index in [4.69, 9.17) is 9.47 Å². The molecule has 162 valence electrons. The van der Waals surface area contributed by atoms with Crippen molar-refractivity contribution >= 4 is 34.7 Å². The predicted molar refractivity (Wildman–Crippen MR) is 122 cm³/mol. The van der Waals surface area contributed by atoms with Gasteiger partial charge in [-0.1, -0.05) is 12.1 Å². The maximum atomic E-state index is 13.2. The number of aliphatic imine (C=N–C) groups is 1. The van der Waals surface area contributed by atoms with Gasteiger partial charge in [0.2, 0.25) is 11.8 Å². The zero-order valence-electron chi connectivity index (χ0n) is 17.7. The highest BCUT2D eigenvalue weighted by Crippen LogP contribution is 2.31. The van der Waals surface area contributed by atoms with Crippen LogP contribution in [0.5, 0.6) is 11.5 Å². The molecule has 0 atom stereocenters. The molecule has 2 amide bonds. The largest absolute Gasteiger partial charge is 0.497 e. The SMILES string of the molecule is COc1ccc(NC(=O)CN2C(=O)CC(c3cccc(OC)c3)=Nc3cccnc32)cc1. The molecule has 0 saturated carbocycles. The van der Waals surface area contributed by atoms with Gasteiger partial charge < -0.3 is 14.8 Å². The van der Waals surface area contributed by atoms with E-state index in [2.05, 4.69) is 15.3 Å². The number of rotatable bonds is 6.